The van der Waals surface area contributed by atoms with Crippen molar-refractivity contribution in [3.05, 3.63) is 0 Å². The highest BCUT2D eigenvalue weighted by Gasteiger charge is 2.29. The molecule has 2 unspecified atom stereocenters. The maximum atomic E-state index is 10.3. The number of rotatable bonds is 1. The van der Waals surface area contributed by atoms with Crippen molar-refractivity contribution >= 4 is 5.97 Å². The average Bonchev–Trinajstić information content (AvgIpc) is 1.88. The number of ether oxygens (including phenoxy) is 1. The molecule has 1 aliphatic rings. The number of aliphatic hydroxyl groups is 1. The molecule has 0 amide bonds. The Kier molecular flexibility index (Phi) is 2.24. The number of carbonyl (C=O) groups is 1. The van der Waals surface area contributed by atoms with E-state index in [1.165, 1.54) is 0 Å². The van der Waals surface area contributed by atoms with Gasteiger partial charge in [0.1, 0.15) is 5.92 Å². The van der Waals surface area contributed by atoms with E-state index in [9.17, 15) is 4.79 Å². The van der Waals surface area contributed by atoms with E-state index in [0.717, 1.165) is 0 Å². The van der Waals surface area contributed by atoms with Crippen LogP contribution in [0.15, 0.2) is 0 Å². The third-order valence-electron chi connectivity index (χ3n) is 1.61. The van der Waals surface area contributed by atoms with Crippen molar-refractivity contribution in [1.82, 2.24) is 0 Å². The van der Waals surface area contributed by atoms with E-state index < -0.39 is 18.2 Å². The SMILES string of the molecule is O=C(O)C1CCCOC1O. The second-order valence-corrected chi connectivity index (χ2v) is 2.35. The fourth-order valence-corrected chi connectivity index (χ4v) is 1.01. The van der Waals surface area contributed by atoms with Gasteiger partial charge in [0.05, 0.1) is 0 Å². The zero-order chi connectivity index (χ0) is 7.56. The van der Waals surface area contributed by atoms with Gasteiger partial charge in [-0.05, 0) is 12.8 Å². The van der Waals surface area contributed by atoms with Crippen LogP contribution in [-0.2, 0) is 9.53 Å². The molecule has 1 aliphatic heterocycles. The van der Waals surface area contributed by atoms with E-state index >= 15 is 0 Å². The highest BCUT2D eigenvalue weighted by Crippen LogP contribution is 2.18. The van der Waals surface area contributed by atoms with Crippen molar-refractivity contribution in [2.45, 2.75) is 19.1 Å². The molecule has 4 heteroatoms. The van der Waals surface area contributed by atoms with Crippen LogP contribution in [-0.4, -0.2) is 29.1 Å². The Hall–Kier alpha value is -0.610. The third kappa shape index (κ3) is 1.46. The second-order valence-electron chi connectivity index (χ2n) is 2.35. The first-order chi connectivity index (χ1) is 4.72. The summed E-state index contributed by atoms with van der Waals surface area (Å²) in [4.78, 5) is 10.3. The summed E-state index contributed by atoms with van der Waals surface area (Å²) < 4.78 is 4.73. The first kappa shape index (κ1) is 7.50. The van der Waals surface area contributed by atoms with Gasteiger partial charge in [0, 0.05) is 6.61 Å². The van der Waals surface area contributed by atoms with Gasteiger partial charge in [-0.3, -0.25) is 4.79 Å². The van der Waals surface area contributed by atoms with Crippen LogP contribution in [0.4, 0.5) is 0 Å². The third-order valence-corrected chi connectivity index (χ3v) is 1.61. The van der Waals surface area contributed by atoms with Gasteiger partial charge in [-0.15, -0.1) is 0 Å². The van der Waals surface area contributed by atoms with Crippen LogP contribution in [0.1, 0.15) is 12.8 Å². The minimum Gasteiger partial charge on any atom is -0.481 e. The molecule has 0 radical (unpaired) electrons. The average molecular weight is 146 g/mol. The smallest absolute Gasteiger partial charge is 0.311 e. The molecule has 0 saturated carbocycles. The van der Waals surface area contributed by atoms with Gasteiger partial charge < -0.3 is 14.9 Å². The summed E-state index contributed by atoms with van der Waals surface area (Å²) in [6.07, 6.45) is 0.121. The van der Waals surface area contributed by atoms with Crippen LogP contribution in [0.2, 0.25) is 0 Å². The van der Waals surface area contributed by atoms with Crippen molar-refractivity contribution in [3.8, 4) is 0 Å². The van der Waals surface area contributed by atoms with Gasteiger partial charge in [0.2, 0.25) is 0 Å². The standard InChI is InChI=1S/C6H10O4/c7-5(8)4-2-1-3-10-6(4)9/h4,6,9H,1-3H2,(H,7,8). The lowest BCUT2D eigenvalue weighted by Gasteiger charge is -2.23. The maximum Gasteiger partial charge on any atom is 0.311 e. The molecule has 1 rings (SSSR count). The molecule has 0 bridgehead atoms. The summed E-state index contributed by atoms with van der Waals surface area (Å²) in [5, 5.41) is 17.4. The summed E-state index contributed by atoms with van der Waals surface area (Å²) in [5.74, 6) is -1.71. The van der Waals surface area contributed by atoms with E-state index in [2.05, 4.69) is 0 Å². The zero-order valence-electron chi connectivity index (χ0n) is 5.49. The number of carboxylic acid groups (broad SMARTS) is 1. The Morgan fingerprint density at radius 2 is 2.30 bits per heavy atom. The number of hydrogen-bond donors (Lipinski definition) is 2. The monoisotopic (exact) mass is 146 g/mol. The number of carboxylic acids is 1. The van der Waals surface area contributed by atoms with Crippen LogP contribution in [0.5, 0.6) is 0 Å². The highest BCUT2D eigenvalue weighted by atomic mass is 16.6. The fourth-order valence-electron chi connectivity index (χ4n) is 1.01. The van der Waals surface area contributed by atoms with Crippen LogP contribution in [0.25, 0.3) is 0 Å². The minimum atomic E-state index is -1.11. The van der Waals surface area contributed by atoms with E-state index in [-0.39, 0.29) is 0 Å². The molecule has 0 spiro atoms. The molecule has 0 aromatic carbocycles. The Bertz CT molecular complexity index is 134. The Balaban J connectivity index is 2.47. The summed E-state index contributed by atoms with van der Waals surface area (Å²) in [5.41, 5.74) is 0. The normalized spacial score (nSPS) is 33.7. The molecule has 0 aromatic rings. The molecule has 1 heterocycles. The number of hydrogen-bond acceptors (Lipinski definition) is 3. The first-order valence-corrected chi connectivity index (χ1v) is 3.24. The second kappa shape index (κ2) is 2.98. The first-order valence-electron chi connectivity index (χ1n) is 3.24. The van der Waals surface area contributed by atoms with Gasteiger partial charge in [0.25, 0.3) is 0 Å². The fraction of sp³-hybridized carbons (Fsp3) is 0.833. The lowest BCUT2D eigenvalue weighted by Crippen LogP contribution is -2.34. The predicted octanol–water partition coefficient (Wildman–Crippen LogP) is -0.184. The van der Waals surface area contributed by atoms with Gasteiger partial charge >= 0.3 is 5.97 Å². The lowest BCUT2D eigenvalue weighted by molar-refractivity contribution is -0.182. The topological polar surface area (TPSA) is 66.8 Å². The Morgan fingerprint density at radius 1 is 1.60 bits per heavy atom. The van der Waals surface area contributed by atoms with Crippen LogP contribution < -0.4 is 0 Å². The molecule has 10 heavy (non-hydrogen) atoms. The van der Waals surface area contributed by atoms with E-state index in [0.29, 0.717) is 19.4 Å². The quantitative estimate of drug-likeness (QED) is 0.538. The lowest BCUT2D eigenvalue weighted by atomic mass is 10.0. The minimum absolute atomic E-state index is 0.463. The van der Waals surface area contributed by atoms with Gasteiger partial charge in [0.15, 0.2) is 6.29 Å². The highest BCUT2D eigenvalue weighted by molar-refractivity contribution is 5.70. The van der Waals surface area contributed by atoms with Crippen molar-refractivity contribution in [3.63, 3.8) is 0 Å². The van der Waals surface area contributed by atoms with Crippen LogP contribution in [0, 0.1) is 5.92 Å². The number of aliphatic hydroxyl groups excluding tert-OH is 1. The molecule has 4 nitrogen and oxygen atoms in total. The summed E-state index contributed by atoms with van der Waals surface area (Å²) in [7, 11) is 0. The maximum absolute atomic E-state index is 10.3. The Morgan fingerprint density at radius 3 is 2.70 bits per heavy atom. The Labute approximate surface area is 58.4 Å². The van der Waals surface area contributed by atoms with Gasteiger partial charge in [-0.2, -0.15) is 0 Å². The molecule has 0 aromatic heterocycles. The molecule has 2 atom stereocenters. The molecule has 0 aliphatic carbocycles. The van der Waals surface area contributed by atoms with E-state index in [1.54, 1.807) is 0 Å². The van der Waals surface area contributed by atoms with Gasteiger partial charge in [-0.1, -0.05) is 0 Å². The van der Waals surface area contributed by atoms with Crippen LogP contribution in [0.3, 0.4) is 0 Å². The van der Waals surface area contributed by atoms with Gasteiger partial charge in [-0.25, -0.2) is 0 Å². The molecule has 1 saturated heterocycles. The van der Waals surface area contributed by atoms with Crippen molar-refractivity contribution in [1.29, 1.82) is 0 Å². The molecule has 2 N–H and O–H groups in total. The number of aliphatic carboxylic acids is 1. The van der Waals surface area contributed by atoms with Crippen LogP contribution >= 0.6 is 0 Å². The molecule has 58 valence electrons. The van der Waals surface area contributed by atoms with E-state index in [4.69, 9.17) is 14.9 Å². The zero-order valence-corrected chi connectivity index (χ0v) is 5.49. The van der Waals surface area contributed by atoms with E-state index in [1.807, 2.05) is 0 Å². The largest absolute Gasteiger partial charge is 0.481 e. The molecular weight excluding hydrogens is 136 g/mol. The molecule has 1 fully saturated rings. The predicted molar refractivity (Wildman–Crippen MR) is 32.3 cm³/mol. The van der Waals surface area contributed by atoms with Crippen molar-refractivity contribution in [2.24, 2.45) is 5.92 Å². The van der Waals surface area contributed by atoms with Crippen molar-refractivity contribution < 1.29 is 19.7 Å². The molecular formula is C6H10O4. The van der Waals surface area contributed by atoms with Crippen molar-refractivity contribution in [2.75, 3.05) is 6.61 Å². The summed E-state index contributed by atoms with van der Waals surface area (Å²) in [6.45, 7) is 0.463. The summed E-state index contributed by atoms with van der Waals surface area (Å²) in [6, 6.07) is 0. The summed E-state index contributed by atoms with van der Waals surface area (Å²) >= 11 is 0.